The Morgan fingerprint density at radius 2 is 1.61 bits per heavy atom. The SMILES string of the molecule is OCC[C@H](c1ccc(Oc2ccccc2)cc1)N1CCNCC1. The monoisotopic (exact) mass is 312 g/mol. The molecule has 0 unspecified atom stereocenters. The minimum atomic E-state index is 0.205. The smallest absolute Gasteiger partial charge is 0.127 e. The molecule has 23 heavy (non-hydrogen) atoms. The van der Waals surface area contributed by atoms with Crippen molar-refractivity contribution in [1.82, 2.24) is 10.2 Å². The number of benzene rings is 2. The summed E-state index contributed by atoms with van der Waals surface area (Å²) in [5, 5.41) is 12.8. The van der Waals surface area contributed by atoms with E-state index >= 15 is 0 Å². The first kappa shape index (κ1) is 16.0. The van der Waals surface area contributed by atoms with E-state index in [0.717, 1.165) is 44.1 Å². The van der Waals surface area contributed by atoms with Crippen LogP contribution in [-0.2, 0) is 0 Å². The van der Waals surface area contributed by atoms with Gasteiger partial charge in [-0.25, -0.2) is 0 Å². The molecule has 0 radical (unpaired) electrons. The van der Waals surface area contributed by atoms with Crippen LogP contribution in [0.15, 0.2) is 54.6 Å². The molecule has 0 spiro atoms. The van der Waals surface area contributed by atoms with Gasteiger partial charge in [0, 0.05) is 38.8 Å². The lowest BCUT2D eigenvalue weighted by atomic mass is 10.0. The van der Waals surface area contributed by atoms with Crippen LogP contribution >= 0.6 is 0 Å². The number of nitrogens with zero attached hydrogens (tertiary/aromatic N) is 1. The molecule has 2 N–H and O–H groups in total. The van der Waals surface area contributed by atoms with Gasteiger partial charge < -0.3 is 15.2 Å². The molecule has 0 amide bonds. The van der Waals surface area contributed by atoms with E-state index in [4.69, 9.17) is 4.74 Å². The van der Waals surface area contributed by atoms with Crippen molar-refractivity contribution < 1.29 is 9.84 Å². The number of hydrogen-bond donors (Lipinski definition) is 2. The zero-order chi connectivity index (χ0) is 15.9. The van der Waals surface area contributed by atoms with Crippen molar-refractivity contribution in [3.63, 3.8) is 0 Å². The van der Waals surface area contributed by atoms with Crippen molar-refractivity contribution in [2.45, 2.75) is 12.5 Å². The van der Waals surface area contributed by atoms with Crippen LogP contribution < -0.4 is 10.1 Å². The summed E-state index contributed by atoms with van der Waals surface area (Å²) in [6.45, 7) is 4.27. The highest BCUT2D eigenvalue weighted by molar-refractivity contribution is 5.34. The van der Waals surface area contributed by atoms with Crippen molar-refractivity contribution in [1.29, 1.82) is 0 Å². The Kier molecular flexibility index (Phi) is 5.64. The van der Waals surface area contributed by atoms with Crippen LogP contribution in [0.25, 0.3) is 0 Å². The van der Waals surface area contributed by atoms with E-state index < -0.39 is 0 Å². The summed E-state index contributed by atoms with van der Waals surface area (Å²) in [5.41, 5.74) is 1.24. The molecule has 2 aromatic carbocycles. The van der Waals surface area contributed by atoms with Gasteiger partial charge in [-0.3, -0.25) is 4.90 Å². The lowest BCUT2D eigenvalue weighted by Crippen LogP contribution is -2.45. The first-order valence-corrected chi connectivity index (χ1v) is 8.25. The van der Waals surface area contributed by atoms with E-state index in [1.165, 1.54) is 5.56 Å². The molecule has 3 rings (SSSR count). The van der Waals surface area contributed by atoms with Crippen LogP contribution in [0.1, 0.15) is 18.0 Å². The molecule has 1 atom stereocenters. The van der Waals surface area contributed by atoms with Crippen molar-refractivity contribution in [2.24, 2.45) is 0 Å². The fraction of sp³-hybridized carbons (Fsp3) is 0.368. The Hall–Kier alpha value is -1.88. The minimum Gasteiger partial charge on any atom is -0.457 e. The summed E-state index contributed by atoms with van der Waals surface area (Å²) in [4.78, 5) is 2.44. The summed E-state index contributed by atoms with van der Waals surface area (Å²) in [7, 11) is 0. The summed E-state index contributed by atoms with van der Waals surface area (Å²) >= 11 is 0. The number of aliphatic hydroxyl groups is 1. The van der Waals surface area contributed by atoms with Crippen LogP contribution in [-0.4, -0.2) is 42.8 Å². The summed E-state index contributed by atoms with van der Waals surface area (Å²) < 4.78 is 5.85. The van der Waals surface area contributed by atoms with Crippen molar-refractivity contribution in [2.75, 3.05) is 32.8 Å². The van der Waals surface area contributed by atoms with Crippen LogP contribution in [0.2, 0.25) is 0 Å². The quantitative estimate of drug-likeness (QED) is 0.861. The maximum atomic E-state index is 9.41. The standard InChI is InChI=1S/C19H24N2O2/c22-15-10-19(21-13-11-20-12-14-21)16-6-8-18(9-7-16)23-17-4-2-1-3-5-17/h1-9,19-20,22H,10-15H2/t19-/m1/s1. The van der Waals surface area contributed by atoms with E-state index in [1.54, 1.807) is 0 Å². The third-order valence-corrected chi connectivity index (χ3v) is 4.24. The number of nitrogens with one attached hydrogen (secondary N) is 1. The van der Waals surface area contributed by atoms with E-state index in [0.29, 0.717) is 0 Å². The molecule has 1 heterocycles. The summed E-state index contributed by atoms with van der Waals surface area (Å²) in [6, 6.07) is 18.3. The van der Waals surface area contributed by atoms with Gasteiger partial charge in [-0.15, -0.1) is 0 Å². The number of aliphatic hydroxyl groups excluding tert-OH is 1. The van der Waals surface area contributed by atoms with E-state index in [2.05, 4.69) is 22.3 Å². The van der Waals surface area contributed by atoms with Gasteiger partial charge in [0.1, 0.15) is 11.5 Å². The predicted octanol–water partition coefficient (Wildman–Crippen LogP) is 2.81. The van der Waals surface area contributed by atoms with Gasteiger partial charge in [-0.1, -0.05) is 30.3 Å². The largest absolute Gasteiger partial charge is 0.457 e. The fourth-order valence-electron chi connectivity index (χ4n) is 3.06. The average molecular weight is 312 g/mol. The zero-order valence-corrected chi connectivity index (χ0v) is 13.3. The molecule has 4 heteroatoms. The molecular formula is C19H24N2O2. The third kappa shape index (κ3) is 4.32. The number of rotatable bonds is 6. The van der Waals surface area contributed by atoms with Crippen LogP contribution in [0.4, 0.5) is 0 Å². The highest BCUT2D eigenvalue weighted by Crippen LogP contribution is 2.28. The van der Waals surface area contributed by atoms with Gasteiger partial charge in [0.25, 0.3) is 0 Å². The highest BCUT2D eigenvalue weighted by atomic mass is 16.5. The predicted molar refractivity (Wildman–Crippen MR) is 91.8 cm³/mol. The molecule has 1 saturated heterocycles. The maximum Gasteiger partial charge on any atom is 0.127 e. The van der Waals surface area contributed by atoms with Crippen molar-refractivity contribution >= 4 is 0 Å². The van der Waals surface area contributed by atoms with E-state index in [1.807, 2.05) is 42.5 Å². The van der Waals surface area contributed by atoms with Gasteiger partial charge in [0.2, 0.25) is 0 Å². The lowest BCUT2D eigenvalue weighted by Gasteiger charge is -2.35. The molecule has 1 aliphatic heterocycles. The molecule has 122 valence electrons. The topological polar surface area (TPSA) is 44.7 Å². The van der Waals surface area contributed by atoms with E-state index in [-0.39, 0.29) is 12.6 Å². The van der Waals surface area contributed by atoms with Crippen LogP contribution in [0.5, 0.6) is 11.5 Å². The number of hydrogen-bond acceptors (Lipinski definition) is 4. The fourth-order valence-corrected chi connectivity index (χ4v) is 3.06. The summed E-state index contributed by atoms with van der Waals surface area (Å²) in [5.74, 6) is 1.68. The van der Waals surface area contributed by atoms with Gasteiger partial charge in [0.05, 0.1) is 0 Å². The van der Waals surface area contributed by atoms with Crippen molar-refractivity contribution in [3.8, 4) is 11.5 Å². The van der Waals surface area contributed by atoms with Gasteiger partial charge in [0.15, 0.2) is 0 Å². The number of para-hydroxylation sites is 1. The minimum absolute atomic E-state index is 0.205. The molecule has 0 aromatic heterocycles. The van der Waals surface area contributed by atoms with Crippen LogP contribution in [0.3, 0.4) is 0 Å². The van der Waals surface area contributed by atoms with Gasteiger partial charge in [-0.2, -0.15) is 0 Å². The Morgan fingerprint density at radius 3 is 2.26 bits per heavy atom. The summed E-state index contributed by atoms with van der Waals surface area (Å²) in [6.07, 6.45) is 0.763. The Labute approximate surface area is 137 Å². The second-order valence-corrected chi connectivity index (χ2v) is 5.80. The molecule has 1 fully saturated rings. The molecule has 0 aliphatic carbocycles. The molecule has 2 aromatic rings. The second-order valence-electron chi connectivity index (χ2n) is 5.80. The zero-order valence-electron chi connectivity index (χ0n) is 13.3. The molecular weight excluding hydrogens is 288 g/mol. The molecule has 4 nitrogen and oxygen atoms in total. The first-order valence-electron chi connectivity index (χ1n) is 8.25. The van der Waals surface area contributed by atoms with E-state index in [9.17, 15) is 5.11 Å². The maximum absolute atomic E-state index is 9.41. The second kappa shape index (κ2) is 8.11. The number of piperazine rings is 1. The first-order chi connectivity index (χ1) is 11.4. The normalized spacial score (nSPS) is 16.9. The number of ether oxygens (including phenoxy) is 1. The lowest BCUT2D eigenvalue weighted by molar-refractivity contribution is 0.141. The average Bonchev–Trinajstić information content (AvgIpc) is 2.62. The Morgan fingerprint density at radius 1 is 0.957 bits per heavy atom. The Bertz CT molecular complexity index is 580. The highest BCUT2D eigenvalue weighted by Gasteiger charge is 2.21. The molecule has 0 bridgehead atoms. The van der Waals surface area contributed by atoms with Gasteiger partial charge >= 0.3 is 0 Å². The van der Waals surface area contributed by atoms with Crippen LogP contribution in [0, 0.1) is 0 Å². The molecule has 0 saturated carbocycles. The van der Waals surface area contributed by atoms with Gasteiger partial charge in [-0.05, 0) is 36.2 Å². The molecule has 1 aliphatic rings. The third-order valence-electron chi connectivity index (χ3n) is 4.24. The van der Waals surface area contributed by atoms with Crippen molar-refractivity contribution in [3.05, 3.63) is 60.2 Å². The Balaban J connectivity index is 1.70.